The molecule has 41 heavy (non-hydrogen) atoms. The summed E-state index contributed by atoms with van der Waals surface area (Å²) in [6.07, 6.45) is 0.919. The van der Waals surface area contributed by atoms with Crippen LogP contribution in [0.4, 0.5) is 0 Å². The van der Waals surface area contributed by atoms with E-state index in [0.717, 1.165) is 28.5 Å². The summed E-state index contributed by atoms with van der Waals surface area (Å²) in [5.41, 5.74) is 5.76. The summed E-state index contributed by atoms with van der Waals surface area (Å²) in [6, 6.07) is 26.9. The highest BCUT2D eigenvalue weighted by Crippen LogP contribution is 2.32. The number of hydrogen-bond donors (Lipinski definition) is 1. The molecule has 7 nitrogen and oxygen atoms in total. The van der Waals surface area contributed by atoms with Gasteiger partial charge in [-0.1, -0.05) is 81.4 Å². The number of tetrazole rings is 1. The van der Waals surface area contributed by atoms with E-state index in [4.69, 9.17) is 0 Å². The Hall–Kier alpha value is -4.10. The van der Waals surface area contributed by atoms with Gasteiger partial charge in [-0.25, -0.2) is 4.68 Å². The van der Waals surface area contributed by atoms with Crippen LogP contribution in [0.25, 0.3) is 10.9 Å². The van der Waals surface area contributed by atoms with Gasteiger partial charge in [0, 0.05) is 24.2 Å². The van der Waals surface area contributed by atoms with Crippen molar-refractivity contribution in [1.29, 1.82) is 0 Å². The zero-order chi connectivity index (χ0) is 29.1. The second-order valence-corrected chi connectivity index (χ2v) is 12.1. The van der Waals surface area contributed by atoms with Crippen molar-refractivity contribution in [2.75, 3.05) is 0 Å². The lowest BCUT2D eigenvalue weighted by Gasteiger charge is -2.33. The predicted octanol–water partition coefficient (Wildman–Crippen LogP) is 6.75. The molecule has 0 aliphatic carbocycles. The third kappa shape index (κ3) is 6.30. The number of rotatable bonds is 9. The molecule has 2 aromatic heterocycles. The number of H-pyrrole nitrogens is 1. The second kappa shape index (κ2) is 11.8. The average Bonchev–Trinajstić information content (AvgIpc) is 3.44. The van der Waals surface area contributed by atoms with Crippen molar-refractivity contribution in [2.45, 2.75) is 78.6 Å². The summed E-state index contributed by atoms with van der Waals surface area (Å²) < 4.78 is 1.85. The first-order valence-corrected chi connectivity index (χ1v) is 14.5. The number of aromatic amines is 1. The van der Waals surface area contributed by atoms with E-state index >= 15 is 0 Å². The minimum Gasteiger partial charge on any atom is -0.322 e. The zero-order valence-electron chi connectivity index (χ0n) is 24.9. The van der Waals surface area contributed by atoms with Gasteiger partial charge in [-0.15, -0.1) is 5.10 Å². The van der Waals surface area contributed by atoms with Crippen LogP contribution in [0.3, 0.4) is 0 Å². The van der Waals surface area contributed by atoms with Gasteiger partial charge >= 0.3 is 0 Å². The topological polar surface area (TPSA) is 79.7 Å². The first-order valence-electron chi connectivity index (χ1n) is 14.5. The average molecular weight is 549 g/mol. The van der Waals surface area contributed by atoms with E-state index in [1.165, 1.54) is 11.1 Å². The number of aryl methyl sites for hydroxylation is 1. The summed E-state index contributed by atoms with van der Waals surface area (Å²) in [7, 11) is 0. The van der Waals surface area contributed by atoms with Gasteiger partial charge in [-0.05, 0) is 89.4 Å². The molecule has 1 N–H and O–H groups in total. The van der Waals surface area contributed by atoms with E-state index in [-0.39, 0.29) is 11.1 Å². The SMILES string of the molecule is CCc1ccc2[nH]c(=O)c(C(c3nnnn3C(C)(C)C)N(Cc3ccccc3)Cc3ccc(C(C)C)cc3)cc2c1. The van der Waals surface area contributed by atoms with E-state index in [9.17, 15) is 4.79 Å². The van der Waals surface area contributed by atoms with Crippen LogP contribution in [-0.4, -0.2) is 30.1 Å². The number of pyridine rings is 1. The van der Waals surface area contributed by atoms with Crippen LogP contribution in [0.5, 0.6) is 0 Å². The summed E-state index contributed by atoms with van der Waals surface area (Å²) in [6.45, 7) is 14.0. The Labute approximate surface area is 242 Å². The number of aromatic nitrogens is 5. The number of nitrogens with one attached hydrogen (secondary N) is 1. The van der Waals surface area contributed by atoms with Crippen molar-refractivity contribution in [3.8, 4) is 0 Å². The van der Waals surface area contributed by atoms with Gasteiger partial charge in [0.05, 0.1) is 5.54 Å². The summed E-state index contributed by atoms with van der Waals surface area (Å²) in [5, 5.41) is 14.1. The van der Waals surface area contributed by atoms with Crippen molar-refractivity contribution in [1.82, 2.24) is 30.1 Å². The Balaban J connectivity index is 1.71. The first-order chi connectivity index (χ1) is 19.6. The van der Waals surface area contributed by atoms with Gasteiger partial charge < -0.3 is 4.98 Å². The van der Waals surface area contributed by atoms with Crippen LogP contribution in [0.2, 0.25) is 0 Å². The van der Waals surface area contributed by atoms with Gasteiger partial charge in [0.15, 0.2) is 5.82 Å². The molecule has 0 saturated carbocycles. The maximum Gasteiger partial charge on any atom is 0.253 e. The molecule has 3 aromatic carbocycles. The molecule has 1 atom stereocenters. The van der Waals surface area contributed by atoms with Crippen LogP contribution in [0, 0.1) is 0 Å². The van der Waals surface area contributed by atoms with Crippen LogP contribution >= 0.6 is 0 Å². The quantitative estimate of drug-likeness (QED) is 0.220. The van der Waals surface area contributed by atoms with Gasteiger partial charge in [0.25, 0.3) is 5.56 Å². The molecule has 0 aliphatic heterocycles. The number of nitrogens with zero attached hydrogens (tertiary/aromatic N) is 5. The fourth-order valence-corrected chi connectivity index (χ4v) is 5.34. The standard InChI is InChI=1S/C34H40N6O/c1-7-24-15-18-30-28(19-24)20-29(33(41)35-30)31(32-36-37-38-40(32)34(4,5)6)39(21-25-11-9-8-10-12-25)22-26-13-16-27(17-14-26)23(2)3/h8-20,23,31H,7,21-22H2,1-6H3,(H,35,41). The molecule has 0 bridgehead atoms. The normalized spacial score (nSPS) is 12.9. The Morgan fingerprint density at radius 3 is 2.17 bits per heavy atom. The number of benzene rings is 3. The molecular formula is C34H40N6O. The van der Waals surface area contributed by atoms with Crippen molar-refractivity contribution >= 4 is 10.9 Å². The molecule has 0 spiro atoms. The van der Waals surface area contributed by atoms with E-state index in [1.807, 2.05) is 35.0 Å². The minimum atomic E-state index is -0.493. The Bertz CT molecular complexity index is 1660. The Morgan fingerprint density at radius 1 is 0.878 bits per heavy atom. The van der Waals surface area contributed by atoms with Gasteiger partial charge in [-0.2, -0.15) is 0 Å². The van der Waals surface area contributed by atoms with Gasteiger partial charge in [-0.3, -0.25) is 9.69 Å². The molecule has 0 amide bonds. The molecular weight excluding hydrogens is 508 g/mol. The van der Waals surface area contributed by atoms with Crippen molar-refractivity contribution in [2.24, 2.45) is 0 Å². The third-order valence-electron chi connectivity index (χ3n) is 7.64. The van der Waals surface area contributed by atoms with Crippen molar-refractivity contribution < 1.29 is 0 Å². The van der Waals surface area contributed by atoms with E-state index < -0.39 is 6.04 Å². The Morgan fingerprint density at radius 2 is 1.54 bits per heavy atom. The lowest BCUT2D eigenvalue weighted by molar-refractivity contribution is 0.184. The van der Waals surface area contributed by atoms with Crippen LogP contribution in [0.1, 0.15) is 87.1 Å². The second-order valence-electron chi connectivity index (χ2n) is 12.1. The maximum atomic E-state index is 13.9. The largest absolute Gasteiger partial charge is 0.322 e. The summed E-state index contributed by atoms with van der Waals surface area (Å²) in [5.74, 6) is 1.10. The van der Waals surface area contributed by atoms with Crippen LogP contribution in [0.15, 0.2) is 83.7 Å². The molecule has 7 heteroatoms. The molecule has 5 aromatic rings. The summed E-state index contributed by atoms with van der Waals surface area (Å²) in [4.78, 5) is 19.3. The number of fused-ring (bicyclic) bond motifs is 1. The summed E-state index contributed by atoms with van der Waals surface area (Å²) >= 11 is 0. The smallest absolute Gasteiger partial charge is 0.253 e. The van der Waals surface area contributed by atoms with E-state index in [2.05, 4.69) is 115 Å². The van der Waals surface area contributed by atoms with Crippen LogP contribution in [-0.2, 0) is 25.0 Å². The van der Waals surface area contributed by atoms with Gasteiger partial charge in [0.1, 0.15) is 6.04 Å². The lowest BCUT2D eigenvalue weighted by Crippen LogP contribution is -2.37. The van der Waals surface area contributed by atoms with Crippen molar-refractivity contribution in [3.63, 3.8) is 0 Å². The van der Waals surface area contributed by atoms with E-state index in [0.29, 0.717) is 30.4 Å². The van der Waals surface area contributed by atoms with Crippen molar-refractivity contribution in [3.05, 3.63) is 123 Å². The van der Waals surface area contributed by atoms with Crippen LogP contribution < -0.4 is 5.56 Å². The van der Waals surface area contributed by atoms with E-state index in [1.54, 1.807) is 0 Å². The first kappa shape index (κ1) is 28.4. The fourth-order valence-electron chi connectivity index (χ4n) is 5.34. The molecule has 0 fully saturated rings. The molecule has 1 unspecified atom stereocenters. The molecule has 212 valence electrons. The molecule has 0 aliphatic rings. The monoisotopic (exact) mass is 548 g/mol. The van der Waals surface area contributed by atoms with Gasteiger partial charge in [0.2, 0.25) is 0 Å². The molecule has 2 heterocycles. The number of hydrogen-bond acceptors (Lipinski definition) is 5. The lowest BCUT2D eigenvalue weighted by atomic mass is 9.98. The highest BCUT2D eigenvalue weighted by atomic mass is 16.1. The molecule has 5 rings (SSSR count). The Kier molecular flexibility index (Phi) is 8.18. The molecule has 0 radical (unpaired) electrons. The highest BCUT2D eigenvalue weighted by molar-refractivity contribution is 5.80. The fraction of sp³-hybridized carbons (Fsp3) is 0.353. The molecule has 0 saturated heterocycles. The predicted molar refractivity (Wildman–Crippen MR) is 165 cm³/mol. The maximum absolute atomic E-state index is 13.9. The third-order valence-corrected chi connectivity index (χ3v) is 7.64. The highest BCUT2D eigenvalue weighted by Gasteiger charge is 2.33. The minimum absolute atomic E-state index is 0.136. The zero-order valence-corrected chi connectivity index (χ0v) is 24.9.